The SMILES string of the molecule is Cl.Cl.[B]N(C(C)C)C(C)C. The van der Waals surface area contributed by atoms with E-state index in [1.54, 1.807) is 0 Å². The van der Waals surface area contributed by atoms with Gasteiger partial charge in [0.05, 0.1) is 0 Å². The van der Waals surface area contributed by atoms with Crippen LogP contribution in [0.1, 0.15) is 27.7 Å². The van der Waals surface area contributed by atoms with Crippen LogP contribution in [0.3, 0.4) is 0 Å². The number of halogens is 2. The number of nitrogens with zero attached hydrogens (tertiary/aromatic N) is 1. The molecular weight excluding hydrogens is 168 g/mol. The molecule has 0 spiro atoms. The normalized spacial score (nSPS) is 9.50. The molecule has 0 aromatic carbocycles. The van der Waals surface area contributed by atoms with Crippen LogP contribution < -0.4 is 0 Å². The van der Waals surface area contributed by atoms with Crippen molar-refractivity contribution in [2.75, 3.05) is 0 Å². The first-order chi connectivity index (χ1) is 3.55. The molecule has 2 radical (unpaired) electrons. The first-order valence-electron chi connectivity index (χ1n) is 3.08. The molecule has 0 aliphatic rings. The van der Waals surface area contributed by atoms with Gasteiger partial charge in [0.25, 0.3) is 0 Å². The molecule has 10 heavy (non-hydrogen) atoms. The third-order valence-corrected chi connectivity index (χ3v) is 1.19. The fourth-order valence-corrected chi connectivity index (χ4v) is 0.596. The summed E-state index contributed by atoms with van der Waals surface area (Å²) in [5, 5.41) is 0. The summed E-state index contributed by atoms with van der Waals surface area (Å²) in [4.78, 5) is 1.83. The van der Waals surface area contributed by atoms with Gasteiger partial charge in [-0.15, -0.1) is 24.8 Å². The van der Waals surface area contributed by atoms with Gasteiger partial charge in [-0.05, 0) is 12.1 Å². The first kappa shape index (κ1) is 16.9. The standard InChI is InChI=1S/C6H14BN.2ClH/c1-5(2)8(7)6(3)4;;/h5-6H,1-4H3;2*1H. The molecule has 0 unspecified atom stereocenters. The molecule has 0 atom stereocenters. The maximum Gasteiger partial charge on any atom is 0.183 e. The molecular formula is C6H16BCl2N. The molecule has 0 amide bonds. The van der Waals surface area contributed by atoms with Gasteiger partial charge in [0.1, 0.15) is 0 Å². The maximum atomic E-state index is 5.59. The molecule has 0 heterocycles. The van der Waals surface area contributed by atoms with Crippen LogP contribution in [0.15, 0.2) is 0 Å². The van der Waals surface area contributed by atoms with Crippen molar-refractivity contribution < 1.29 is 0 Å². The molecule has 0 fully saturated rings. The van der Waals surface area contributed by atoms with Gasteiger partial charge in [-0.25, -0.2) is 0 Å². The lowest BCUT2D eigenvalue weighted by atomic mass is 10.1. The molecule has 0 saturated heterocycles. The Morgan fingerprint density at radius 1 is 0.900 bits per heavy atom. The van der Waals surface area contributed by atoms with Crippen molar-refractivity contribution in [3.05, 3.63) is 0 Å². The van der Waals surface area contributed by atoms with Crippen molar-refractivity contribution in [1.29, 1.82) is 0 Å². The van der Waals surface area contributed by atoms with E-state index in [1.165, 1.54) is 0 Å². The predicted octanol–water partition coefficient (Wildman–Crippen LogP) is 2.03. The summed E-state index contributed by atoms with van der Waals surface area (Å²) in [5.74, 6) is 0. The van der Waals surface area contributed by atoms with Crippen molar-refractivity contribution in [3.8, 4) is 0 Å². The Morgan fingerprint density at radius 3 is 1.10 bits per heavy atom. The number of hydrogen-bond donors (Lipinski definition) is 0. The molecule has 0 aromatic rings. The average Bonchev–Trinajstić information content (AvgIpc) is 1.64. The molecule has 0 saturated carbocycles. The quantitative estimate of drug-likeness (QED) is 0.593. The fourth-order valence-electron chi connectivity index (χ4n) is 0.596. The Morgan fingerprint density at radius 2 is 1.10 bits per heavy atom. The zero-order valence-corrected chi connectivity index (χ0v) is 8.63. The van der Waals surface area contributed by atoms with E-state index in [1.807, 2.05) is 4.81 Å². The maximum absolute atomic E-state index is 5.59. The van der Waals surface area contributed by atoms with Crippen LogP contribution in [0.2, 0.25) is 0 Å². The molecule has 0 aliphatic heterocycles. The highest BCUT2D eigenvalue weighted by Crippen LogP contribution is 1.97. The highest BCUT2D eigenvalue weighted by Gasteiger charge is 2.04. The summed E-state index contributed by atoms with van der Waals surface area (Å²) in [6.45, 7) is 8.33. The van der Waals surface area contributed by atoms with E-state index in [-0.39, 0.29) is 24.8 Å². The van der Waals surface area contributed by atoms with Gasteiger partial charge in [0.15, 0.2) is 7.98 Å². The van der Waals surface area contributed by atoms with Gasteiger partial charge in [-0.3, -0.25) is 0 Å². The molecule has 62 valence electrons. The van der Waals surface area contributed by atoms with E-state index in [0.29, 0.717) is 12.1 Å². The lowest BCUT2D eigenvalue weighted by molar-refractivity contribution is 0.320. The van der Waals surface area contributed by atoms with Gasteiger partial charge < -0.3 is 4.81 Å². The van der Waals surface area contributed by atoms with Crippen LogP contribution in [-0.4, -0.2) is 24.9 Å². The largest absolute Gasteiger partial charge is 0.349 e. The molecule has 0 aromatic heterocycles. The van der Waals surface area contributed by atoms with E-state index in [2.05, 4.69) is 27.7 Å². The zero-order chi connectivity index (χ0) is 6.73. The Hall–Kier alpha value is 0.605. The van der Waals surface area contributed by atoms with Crippen molar-refractivity contribution in [2.45, 2.75) is 39.8 Å². The zero-order valence-electron chi connectivity index (χ0n) is 7.00. The third-order valence-electron chi connectivity index (χ3n) is 1.19. The Kier molecular flexibility index (Phi) is 13.0. The monoisotopic (exact) mass is 183 g/mol. The Labute approximate surface area is 77.8 Å². The van der Waals surface area contributed by atoms with Gasteiger partial charge in [0, 0.05) is 0 Å². The van der Waals surface area contributed by atoms with Gasteiger partial charge in [-0.2, -0.15) is 0 Å². The van der Waals surface area contributed by atoms with Gasteiger partial charge >= 0.3 is 0 Å². The smallest absolute Gasteiger partial charge is 0.183 e. The van der Waals surface area contributed by atoms with Crippen molar-refractivity contribution in [1.82, 2.24) is 4.81 Å². The lowest BCUT2D eigenvalue weighted by Gasteiger charge is -2.25. The molecule has 0 aliphatic carbocycles. The van der Waals surface area contributed by atoms with Crippen LogP contribution in [0.4, 0.5) is 0 Å². The molecule has 0 N–H and O–H groups in total. The Bertz CT molecular complexity index is 60.8. The summed E-state index contributed by atoms with van der Waals surface area (Å²) in [5.41, 5.74) is 0. The predicted molar refractivity (Wildman–Crippen MR) is 52.4 cm³/mol. The fraction of sp³-hybridized carbons (Fsp3) is 1.00. The van der Waals surface area contributed by atoms with Crippen molar-refractivity contribution in [2.24, 2.45) is 0 Å². The summed E-state index contributed by atoms with van der Waals surface area (Å²) < 4.78 is 0. The van der Waals surface area contributed by atoms with E-state index < -0.39 is 0 Å². The highest BCUT2D eigenvalue weighted by atomic mass is 35.5. The molecule has 0 bridgehead atoms. The minimum absolute atomic E-state index is 0. The molecule has 4 heteroatoms. The minimum atomic E-state index is 0. The van der Waals surface area contributed by atoms with Gasteiger partial charge in [0.2, 0.25) is 0 Å². The van der Waals surface area contributed by atoms with E-state index in [4.69, 9.17) is 7.98 Å². The van der Waals surface area contributed by atoms with Crippen LogP contribution in [0.5, 0.6) is 0 Å². The second-order valence-corrected chi connectivity index (χ2v) is 2.63. The molecule has 0 rings (SSSR count). The number of hydrogen-bond acceptors (Lipinski definition) is 1. The van der Waals surface area contributed by atoms with E-state index >= 15 is 0 Å². The van der Waals surface area contributed by atoms with Crippen LogP contribution >= 0.6 is 24.8 Å². The van der Waals surface area contributed by atoms with E-state index in [9.17, 15) is 0 Å². The van der Waals surface area contributed by atoms with Crippen LogP contribution in [0.25, 0.3) is 0 Å². The van der Waals surface area contributed by atoms with Crippen LogP contribution in [0, 0.1) is 0 Å². The van der Waals surface area contributed by atoms with Crippen molar-refractivity contribution >= 4 is 32.8 Å². The summed E-state index contributed by atoms with van der Waals surface area (Å²) in [7, 11) is 5.59. The second-order valence-electron chi connectivity index (χ2n) is 2.63. The summed E-state index contributed by atoms with van der Waals surface area (Å²) >= 11 is 0. The second kappa shape index (κ2) is 7.71. The van der Waals surface area contributed by atoms with E-state index in [0.717, 1.165) is 0 Å². The summed E-state index contributed by atoms with van der Waals surface area (Å²) in [6.07, 6.45) is 0. The third kappa shape index (κ3) is 6.72. The van der Waals surface area contributed by atoms with Gasteiger partial charge in [-0.1, -0.05) is 27.7 Å². The topological polar surface area (TPSA) is 3.24 Å². The average molecular weight is 184 g/mol. The number of rotatable bonds is 2. The first-order valence-corrected chi connectivity index (χ1v) is 3.08. The minimum Gasteiger partial charge on any atom is -0.349 e. The summed E-state index contributed by atoms with van der Waals surface area (Å²) in [6, 6.07) is 0.907. The molecule has 1 nitrogen and oxygen atoms in total. The highest BCUT2D eigenvalue weighted by molar-refractivity contribution is 6.04. The Balaban J connectivity index is -0.000000245. The lowest BCUT2D eigenvalue weighted by Crippen LogP contribution is -2.34. The van der Waals surface area contributed by atoms with Crippen molar-refractivity contribution in [3.63, 3.8) is 0 Å². The van der Waals surface area contributed by atoms with Crippen LogP contribution in [-0.2, 0) is 0 Å².